The Labute approximate surface area is 70.5 Å². The average molecular weight is 168 g/mol. The standard InChI is InChI=1S/C8H8O2S/c11-4-6-1-2-7-8(3-6)10-5-9-7/h1-3,11H,4-5H2. The van der Waals surface area contributed by atoms with Crippen LogP contribution in [0.3, 0.4) is 0 Å². The molecule has 1 aromatic carbocycles. The third kappa shape index (κ3) is 1.16. The van der Waals surface area contributed by atoms with Crippen molar-refractivity contribution in [3.8, 4) is 11.5 Å². The summed E-state index contributed by atoms with van der Waals surface area (Å²) in [5, 5.41) is 0. The second kappa shape index (κ2) is 2.66. The minimum absolute atomic E-state index is 0.339. The van der Waals surface area contributed by atoms with Gasteiger partial charge < -0.3 is 9.47 Å². The van der Waals surface area contributed by atoms with Crippen LogP contribution >= 0.6 is 12.6 Å². The highest BCUT2D eigenvalue weighted by atomic mass is 32.1. The van der Waals surface area contributed by atoms with Gasteiger partial charge in [-0.15, -0.1) is 0 Å². The van der Waals surface area contributed by atoms with Gasteiger partial charge in [0.05, 0.1) is 0 Å². The van der Waals surface area contributed by atoms with Gasteiger partial charge in [0.1, 0.15) is 0 Å². The van der Waals surface area contributed by atoms with Gasteiger partial charge in [0, 0.05) is 5.75 Å². The maximum atomic E-state index is 5.18. The van der Waals surface area contributed by atoms with E-state index < -0.39 is 0 Å². The molecule has 0 spiro atoms. The summed E-state index contributed by atoms with van der Waals surface area (Å²) in [7, 11) is 0. The number of ether oxygens (including phenoxy) is 2. The molecule has 0 bridgehead atoms. The van der Waals surface area contributed by atoms with Crippen molar-refractivity contribution in [1.82, 2.24) is 0 Å². The Hall–Kier alpha value is -0.830. The Bertz CT molecular complexity index is 273. The van der Waals surface area contributed by atoms with Crippen molar-refractivity contribution in [3.63, 3.8) is 0 Å². The van der Waals surface area contributed by atoms with E-state index in [-0.39, 0.29) is 0 Å². The van der Waals surface area contributed by atoms with E-state index in [9.17, 15) is 0 Å². The van der Waals surface area contributed by atoms with Crippen LogP contribution in [0.4, 0.5) is 0 Å². The molecule has 1 heterocycles. The predicted molar refractivity (Wildman–Crippen MR) is 45.3 cm³/mol. The molecule has 0 saturated heterocycles. The number of fused-ring (bicyclic) bond motifs is 1. The number of hydrogen-bond acceptors (Lipinski definition) is 3. The summed E-state index contributed by atoms with van der Waals surface area (Å²) in [4.78, 5) is 0. The first kappa shape index (κ1) is 6.85. The summed E-state index contributed by atoms with van der Waals surface area (Å²) in [5.74, 6) is 2.39. The van der Waals surface area contributed by atoms with Gasteiger partial charge in [-0.25, -0.2) is 0 Å². The van der Waals surface area contributed by atoms with Gasteiger partial charge in [-0.2, -0.15) is 12.6 Å². The summed E-state index contributed by atoms with van der Waals surface area (Å²) in [6, 6.07) is 5.85. The first-order valence-corrected chi connectivity index (χ1v) is 4.03. The van der Waals surface area contributed by atoms with Crippen LogP contribution in [0, 0.1) is 0 Å². The van der Waals surface area contributed by atoms with Crippen LogP contribution < -0.4 is 9.47 Å². The highest BCUT2D eigenvalue weighted by Gasteiger charge is 2.12. The molecule has 58 valence electrons. The highest BCUT2D eigenvalue weighted by Crippen LogP contribution is 2.32. The lowest BCUT2D eigenvalue weighted by Gasteiger charge is -1.97. The van der Waals surface area contributed by atoms with Crippen LogP contribution in [0.25, 0.3) is 0 Å². The Morgan fingerprint density at radius 3 is 2.91 bits per heavy atom. The maximum absolute atomic E-state index is 5.18. The second-order valence-electron chi connectivity index (χ2n) is 2.35. The van der Waals surface area contributed by atoms with E-state index in [0.717, 1.165) is 22.8 Å². The topological polar surface area (TPSA) is 18.5 Å². The van der Waals surface area contributed by atoms with Crippen LogP contribution in [0.15, 0.2) is 18.2 Å². The molecule has 0 radical (unpaired) electrons. The summed E-state index contributed by atoms with van der Waals surface area (Å²) in [5.41, 5.74) is 1.15. The van der Waals surface area contributed by atoms with E-state index in [1.165, 1.54) is 0 Å². The Morgan fingerprint density at radius 2 is 2.09 bits per heavy atom. The first-order valence-electron chi connectivity index (χ1n) is 3.39. The molecule has 2 nitrogen and oxygen atoms in total. The molecule has 0 unspecified atom stereocenters. The lowest BCUT2D eigenvalue weighted by molar-refractivity contribution is 0.174. The van der Waals surface area contributed by atoms with E-state index in [1.807, 2.05) is 18.2 Å². The molecule has 0 aliphatic carbocycles. The van der Waals surface area contributed by atoms with Gasteiger partial charge in [0.15, 0.2) is 11.5 Å². The molecule has 3 heteroatoms. The van der Waals surface area contributed by atoms with E-state index in [2.05, 4.69) is 12.6 Å². The third-order valence-electron chi connectivity index (χ3n) is 1.62. The van der Waals surface area contributed by atoms with E-state index in [4.69, 9.17) is 9.47 Å². The minimum atomic E-state index is 0.339. The van der Waals surface area contributed by atoms with Gasteiger partial charge in [0.25, 0.3) is 0 Å². The quantitative estimate of drug-likeness (QED) is 0.645. The first-order chi connectivity index (χ1) is 5.40. The molecule has 0 N–H and O–H groups in total. The summed E-state index contributed by atoms with van der Waals surface area (Å²) in [6.45, 7) is 0.339. The van der Waals surface area contributed by atoms with E-state index >= 15 is 0 Å². The van der Waals surface area contributed by atoms with Crippen LogP contribution in [0.2, 0.25) is 0 Å². The molecular weight excluding hydrogens is 160 g/mol. The van der Waals surface area contributed by atoms with Gasteiger partial charge in [0.2, 0.25) is 6.79 Å². The fourth-order valence-corrected chi connectivity index (χ4v) is 1.24. The zero-order valence-corrected chi connectivity index (χ0v) is 6.80. The molecule has 1 aliphatic rings. The number of hydrogen-bond donors (Lipinski definition) is 1. The molecule has 1 aliphatic heterocycles. The van der Waals surface area contributed by atoms with E-state index in [0.29, 0.717) is 6.79 Å². The molecule has 0 aromatic heterocycles. The molecule has 0 amide bonds. The van der Waals surface area contributed by atoms with Gasteiger partial charge in [-0.05, 0) is 17.7 Å². The molecule has 11 heavy (non-hydrogen) atoms. The average Bonchev–Trinajstić information content (AvgIpc) is 2.50. The highest BCUT2D eigenvalue weighted by molar-refractivity contribution is 7.79. The molecule has 0 atom stereocenters. The largest absolute Gasteiger partial charge is 0.454 e. The van der Waals surface area contributed by atoms with Crippen molar-refractivity contribution >= 4 is 12.6 Å². The van der Waals surface area contributed by atoms with Crippen molar-refractivity contribution < 1.29 is 9.47 Å². The second-order valence-corrected chi connectivity index (χ2v) is 2.66. The van der Waals surface area contributed by atoms with Crippen molar-refractivity contribution in [1.29, 1.82) is 0 Å². The van der Waals surface area contributed by atoms with Gasteiger partial charge >= 0.3 is 0 Å². The number of thiol groups is 1. The fourth-order valence-electron chi connectivity index (χ4n) is 1.04. The van der Waals surface area contributed by atoms with Crippen LogP contribution in [-0.2, 0) is 5.75 Å². The molecule has 0 saturated carbocycles. The Kier molecular flexibility index (Phi) is 1.66. The lowest BCUT2D eigenvalue weighted by atomic mass is 10.2. The summed E-state index contributed by atoms with van der Waals surface area (Å²) in [6.07, 6.45) is 0. The lowest BCUT2D eigenvalue weighted by Crippen LogP contribution is -1.92. The Morgan fingerprint density at radius 1 is 1.27 bits per heavy atom. The monoisotopic (exact) mass is 168 g/mol. The summed E-state index contributed by atoms with van der Waals surface area (Å²) < 4.78 is 10.3. The zero-order valence-electron chi connectivity index (χ0n) is 5.91. The van der Waals surface area contributed by atoms with Crippen molar-refractivity contribution in [3.05, 3.63) is 23.8 Å². The maximum Gasteiger partial charge on any atom is 0.231 e. The van der Waals surface area contributed by atoms with Crippen LogP contribution in [0.1, 0.15) is 5.56 Å². The molecule has 1 aromatic rings. The number of benzene rings is 1. The van der Waals surface area contributed by atoms with Crippen molar-refractivity contribution in [2.45, 2.75) is 5.75 Å². The van der Waals surface area contributed by atoms with Crippen LogP contribution in [-0.4, -0.2) is 6.79 Å². The molecular formula is C8H8O2S. The summed E-state index contributed by atoms with van der Waals surface area (Å²) >= 11 is 4.15. The normalized spacial score (nSPS) is 13.5. The predicted octanol–water partition coefficient (Wildman–Crippen LogP) is 1.85. The van der Waals surface area contributed by atoms with Gasteiger partial charge in [-0.3, -0.25) is 0 Å². The third-order valence-corrected chi connectivity index (χ3v) is 1.98. The van der Waals surface area contributed by atoms with Crippen LogP contribution in [0.5, 0.6) is 11.5 Å². The Balaban J connectivity index is 2.41. The SMILES string of the molecule is SCc1ccc2c(c1)OCO2. The van der Waals surface area contributed by atoms with Crippen molar-refractivity contribution in [2.24, 2.45) is 0 Å². The van der Waals surface area contributed by atoms with Crippen molar-refractivity contribution in [2.75, 3.05) is 6.79 Å². The number of rotatable bonds is 1. The smallest absolute Gasteiger partial charge is 0.231 e. The van der Waals surface area contributed by atoms with E-state index in [1.54, 1.807) is 0 Å². The molecule has 2 rings (SSSR count). The fraction of sp³-hybridized carbons (Fsp3) is 0.250. The minimum Gasteiger partial charge on any atom is -0.454 e. The van der Waals surface area contributed by atoms with Gasteiger partial charge in [-0.1, -0.05) is 6.07 Å². The zero-order chi connectivity index (χ0) is 7.68. The molecule has 0 fully saturated rings.